The maximum absolute atomic E-state index is 14.8. The van der Waals surface area contributed by atoms with Crippen molar-refractivity contribution in [2.45, 2.75) is 42.6 Å². The zero-order valence-electron chi connectivity index (χ0n) is 35.2. The highest BCUT2D eigenvalue weighted by Crippen LogP contribution is 2.43. The van der Waals surface area contributed by atoms with Crippen LogP contribution in [-0.4, -0.2) is 118 Å². The molecule has 342 valence electrons. The third kappa shape index (κ3) is 9.89. The molecule has 0 spiro atoms. The van der Waals surface area contributed by atoms with E-state index in [0.29, 0.717) is 100 Å². The van der Waals surface area contributed by atoms with Crippen molar-refractivity contribution >= 4 is 72.6 Å². The van der Waals surface area contributed by atoms with Crippen molar-refractivity contribution in [2.24, 2.45) is 0 Å². The van der Waals surface area contributed by atoms with Gasteiger partial charge in [0.15, 0.2) is 0 Å². The van der Waals surface area contributed by atoms with Crippen LogP contribution in [0.15, 0.2) is 89.5 Å². The Balaban J connectivity index is 0.988. The number of H-pyrrole nitrogens is 1. The van der Waals surface area contributed by atoms with Gasteiger partial charge in [-0.05, 0) is 84.1 Å². The molecule has 0 unspecified atom stereocenters. The number of carbonyl (C=O) groups excluding carboxylic acids is 1. The molecule has 20 heteroatoms. The number of hydrogen-bond acceptors (Lipinski definition) is 13. The Bertz CT molecular complexity index is 2740. The Kier molecular flexibility index (Phi) is 12.7. The van der Waals surface area contributed by atoms with Crippen LogP contribution in [0.25, 0.3) is 16.6 Å². The first-order chi connectivity index (χ1) is 31.3. The zero-order chi connectivity index (χ0) is 45.3. The van der Waals surface area contributed by atoms with Crippen molar-refractivity contribution in [3.63, 3.8) is 0 Å². The van der Waals surface area contributed by atoms with Gasteiger partial charge in [0, 0.05) is 87.0 Å². The molecule has 2 aromatic heterocycles. The van der Waals surface area contributed by atoms with Gasteiger partial charge in [0.25, 0.3) is 27.5 Å². The fourth-order valence-electron chi connectivity index (χ4n) is 8.82. The first-order valence-electron chi connectivity index (χ1n) is 21.4. The number of halogens is 3. The average Bonchev–Trinajstić information content (AvgIpc) is 3.66. The number of rotatable bonds is 12. The number of pyridine rings is 1. The lowest BCUT2D eigenvalue weighted by Crippen LogP contribution is -2.47. The van der Waals surface area contributed by atoms with Crippen LogP contribution >= 0.6 is 11.6 Å². The minimum Gasteiger partial charge on any atom is -0.476 e. The second kappa shape index (κ2) is 18.6. The number of nitrogens with zero attached hydrogens (tertiary/aromatic N) is 5. The highest BCUT2D eigenvalue weighted by Gasteiger charge is 2.37. The summed E-state index contributed by atoms with van der Waals surface area (Å²) in [7, 11) is -4.64. The van der Waals surface area contributed by atoms with E-state index in [1.807, 2.05) is 35.2 Å². The largest absolute Gasteiger partial charge is 0.476 e. The van der Waals surface area contributed by atoms with Gasteiger partial charge in [-0.15, -0.1) is 0 Å². The lowest BCUT2D eigenvalue weighted by Gasteiger charge is -2.38. The van der Waals surface area contributed by atoms with E-state index < -0.39 is 37.4 Å². The molecule has 1 amide bonds. The second-order valence-electron chi connectivity index (χ2n) is 16.5. The Morgan fingerprint density at radius 1 is 0.985 bits per heavy atom. The van der Waals surface area contributed by atoms with Crippen molar-refractivity contribution in [3.05, 3.63) is 111 Å². The maximum atomic E-state index is 14.8. The smallest absolute Gasteiger partial charge is 0.293 e. The summed E-state index contributed by atoms with van der Waals surface area (Å²) < 4.78 is 76.7. The fourth-order valence-corrected chi connectivity index (χ4v) is 9.93. The summed E-state index contributed by atoms with van der Waals surface area (Å²) in [6.07, 6.45) is 1.73. The molecule has 5 heterocycles. The number of hydrogen-bond donors (Lipinski definition) is 3. The summed E-state index contributed by atoms with van der Waals surface area (Å²) in [5.41, 5.74) is 4.51. The van der Waals surface area contributed by atoms with Crippen molar-refractivity contribution in [1.29, 1.82) is 0 Å². The molecule has 3 N–H and O–H groups in total. The molecule has 2 saturated heterocycles. The lowest BCUT2D eigenvalue weighted by atomic mass is 9.85. The molecule has 0 bridgehead atoms. The van der Waals surface area contributed by atoms with Gasteiger partial charge >= 0.3 is 0 Å². The van der Waals surface area contributed by atoms with Crippen molar-refractivity contribution < 1.29 is 41.1 Å². The van der Waals surface area contributed by atoms with Gasteiger partial charge in [-0.25, -0.2) is 21.9 Å². The number of ether oxygens (including phenoxy) is 3. The quantitative estimate of drug-likeness (QED) is 0.0833. The van der Waals surface area contributed by atoms with E-state index in [4.69, 9.17) is 30.8 Å². The number of sulfonamides is 1. The molecule has 5 aromatic rings. The van der Waals surface area contributed by atoms with E-state index in [-0.39, 0.29) is 43.2 Å². The summed E-state index contributed by atoms with van der Waals surface area (Å²) in [4.78, 5) is 39.3. The van der Waals surface area contributed by atoms with Gasteiger partial charge in [-0.3, -0.25) is 19.8 Å². The number of fused-ring (bicyclic) bond motifs is 2. The van der Waals surface area contributed by atoms with E-state index >= 15 is 0 Å². The molecule has 2 fully saturated rings. The minimum absolute atomic E-state index is 0.0281. The predicted octanol–water partition coefficient (Wildman–Crippen LogP) is 7.39. The number of allylic oxidation sites excluding steroid dienone is 1. The molecule has 0 radical (unpaired) electrons. The Morgan fingerprint density at radius 3 is 2.57 bits per heavy atom. The number of piperazine rings is 1. The molecule has 1 aliphatic carbocycles. The number of amides is 1. The van der Waals surface area contributed by atoms with Crippen LogP contribution in [0.1, 0.15) is 41.6 Å². The normalized spacial score (nSPS) is 19.3. The van der Waals surface area contributed by atoms with Gasteiger partial charge < -0.3 is 34.3 Å². The predicted molar refractivity (Wildman–Crippen MR) is 242 cm³/mol. The SMILES string of the molecule is O=C(NS(=O)(=O)c1ccc(NC[C@H]2COCCO2)c([N+](=O)[O-])c1)c1ccc(N2CCN(CC3=C(c4ccc(Cl)cc4)CCC(F)(F)C3)CC2)cc1N1CCCOc2nc3[nH]ccc3cc21. The van der Waals surface area contributed by atoms with Crippen LogP contribution < -0.4 is 24.6 Å². The highest BCUT2D eigenvalue weighted by molar-refractivity contribution is 7.90. The minimum atomic E-state index is -4.64. The van der Waals surface area contributed by atoms with Gasteiger partial charge in [-0.1, -0.05) is 23.7 Å². The number of anilines is 4. The van der Waals surface area contributed by atoms with Gasteiger partial charge in [-0.2, -0.15) is 4.98 Å². The second-order valence-corrected chi connectivity index (χ2v) is 18.6. The summed E-state index contributed by atoms with van der Waals surface area (Å²) in [6, 6.07) is 19.6. The number of benzene rings is 3. The van der Waals surface area contributed by atoms with Gasteiger partial charge in [0.1, 0.15) is 17.0 Å². The van der Waals surface area contributed by atoms with Crippen LogP contribution in [0.3, 0.4) is 0 Å². The monoisotopic (exact) mass is 932 g/mol. The van der Waals surface area contributed by atoms with Crippen molar-refractivity contribution in [2.75, 3.05) is 87.4 Å². The molecule has 3 aromatic carbocycles. The Labute approximate surface area is 378 Å². The van der Waals surface area contributed by atoms with Crippen molar-refractivity contribution in [3.8, 4) is 5.88 Å². The number of nitro benzene ring substituents is 1. The first-order valence-corrected chi connectivity index (χ1v) is 23.3. The standard InChI is InChI=1S/C45H47ClF2N8O8S/c46-32-4-2-29(3-5-32)36-10-12-45(47,48)25-31(36)27-53-15-17-54(18-16-53)33-6-8-37(39(23-33)55-14-1-19-64-44-41(55)22-30-11-13-49-42(30)51-44)43(57)52-65(60,61)35-7-9-38(40(24-35)56(58)59)50-26-34-28-62-20-21-63-34/h2-9,11,13,22-24,34,50H,1,10,12,14-21,25-28H2,(H,49,51)(H,52,57)/t34-/m0/s1. The molecule has 3 aliphatic heterocycles. The summed E-state index contributed by atoms with van der Waals surface area (Å²) >= 11 is 6.14. The number of nitrogens with one attached hydrogen (secondary N) is 3. The number of carbonyl (C=O) groups is 1. The topological polar surface area (TPSA) is 185 Å². The van der Waals surface area contributed by atoms with E-state index in [2.05, 4.69) is 24.8 Å². The van der Waals surface area contributed by atoms with Crippen molar-refractivity contribution in [1.82, 2.24) is 19.6 Å². The van der Waals surface area contributed by atoms with E-state index in [0.717, 1.165) is 33.8 Å². The third-order valence-corrected chi connectivity index (χ3v) is 13.7. The lowest BCUT2D eigenvalue weighted by molar-refractivity contribution is -0.384. The molecule has 9 rings (SSSR count). The Morgan fingerprint density at radius 2 is 1.80 bits per heavy atom. The van der Waals surface area contributed by atoms with Crippen LogP contribution in [0, 0.1) is 10.1 Å². The molecule has 4 aliphatic rings. The fraction of sp³-hybridized carbons (Fsp3) is 0.378. The van der Waals surface area contributed by atoms with Gasteiger partial charge in [0.2, 0.25) is 5.88 Å². The summed E-state index contributed by atoms with van der Waals surface area (Å²) in [5.74, 6) is -3.40. The van der Waals surface area contributed by atoms with E-state index in [9.17, 15) is 32.1 Å². The van der Waals surface area contributed by atoms with E-state index in [1.165, 1.54) is 12.1 Å². The van der Waals surface area contributed by atoms with Crippen LogP contribution in [0.4, 0.5) is 37.2 Å². The average molecular weight is 933 g/mol. The molecular formula is C45H47ClF2N8O8S. The molecule has 16 nitrogen and oxygen atoms in total. The summed E-state index contributed by atoms with van der Waals surface area (Å²) in [5, 5.41) is 16.5. The maximum Gasteiger partial charge on any atom is 0.293 e. The molecule has 0 saturated carbocycles. The first kappa shape index (κ1) is 44.3. The number of aromatic nitrogens is 2. The van der Waals surface area contributed by atoms with E-state index in [1.54, 1.807) is 30.5 Å². The highest BCUT2D eigenvalue weighted by atomic mass is 35.5. The summed E-state index contributed by atoms with van der Waals surface area (Å²) in [6.45, 7) is 4.74. The number of alkyl halides is 2. The number of nitro groups is 1. The molecular weight excluding hydrogens is 886 g/mol. The zero-order valence-corrected chi connectivity index (χ0v) is 36.8. The van der Waals surface area contributed by atoms with Gasteiger partial charge in [0.05, 0.1) is 53.6 Å². The number of aromatic amines is 1. The third-order valence-electron chi connectivity index (χ3n) is 12.1. The Hall–Kier alpha value is -5.86. The molecule has 65 heavy (non-hydrogen) atoms. The van der Waals surface area contributed by atoms with Crippen LogP contribution in [-0.2, 0) is 19.5 Å². The van der Waals surface area contributed by atoms with Crippen LogP contribution in [0.2, 0.25) is 5.02 Å². The molecule has 1 atom stereocenters. The van der Waals surface area contributed by atoms with Crippen LogP contribution in [0.5, 0.6) is 5.88 Å².